The Bertz CT molecular complexity index is 1430. The van der Waals surface area contributed by atoms with E-state index in [0.717, 1.165) is 37.2 Å². The average Bonchev–Trinajstić information content (AvgIpc) is 3.08. The van der Waals surface area contributed by atoms with E-state index < -0.39 is 29.6 Å². The Labute approximate surface area is 229 Å². The molecule has 0 unspecified atom stereocenters. The molecule has 1 aliphatic carbocycles. The van der Waals surface area contributed by atoms with Gasteiger partial charge >= 0.3 is 5.97 Å². The Morgan fingerprint density at radius 3 is 2.42 bits per heavy atom. The third-order valence-electron chi connectivity index (χ3n) is 7.83. The number of aromatic carboxylic acids is 1. The Morgan fingerprint density at radius 1 is 1.00 bits per heavy atom. The number of halogens is 5. The minimum atomic E-state index is -3.08. The van der Waals surface area contributed by atoms with E-state index in [0.29, 0.717) is 59.6 Å². The Balaban J connectivity index is 1.58. The summed E-state index contributed by atoms with van der Waals surface area (Å²) in [6.07, 6.45) is -0.481. The van der Waals surface area contributed by atoms with Gasteiger partial charge in [-0.05, 0) is 89.6 Å². The lowest BCUT2D eigenvalue weighted by atomic mass is 9.84. The van der Waals surface area contributed by atoms with Crippen LogP contribution in [0.2, 0.25) is 0 Å². The van der Waals surface area contributed by atoms with Crippen molar-refractivity contribution in [3.8, 4) is 0 Å². The molecule has 8 heteroatoms. The SMILES string of the molecule is O=C(O)c1ccc2c(c1)CCCC(c1c(F)cc(F)cc1C(F)F)=C2c1ccc(CC2CN(CCCF)C2)cc1. The lowest BCUT2D eigenvalue weighted by Crippen LogP contribution is -2.47. The maximum absolute atomic E-state index is 15.3. The number of allylic oxidation sites excluding steroid dienone is 1. The van der Waals surface area contributed by atoms with Crippen LogP contribution in [0, 0.1) is 17.6 Å². The van der Waals surface area contributed by atoms with Crippen molar-refractivity contribution in [1.29, 1.82) is 0 Å². The molecule has 0 spiro atoms. The van der Waals surface area contributed by atoms with E-state index in [-0.39, 0.29) is 24.2 Å². The summed E-state index contributed by atoms with van der Waals surface area (Å²) in [7, 11) is 0. The molecule has 0 saturated carbocycles. The molecular weight excluding hydrogens is 525 g/mol. The van der Waals surface area contributed by atoms with Crippen molar-refractivity contribution in [2.45, 2.75) is 38.5 Å². The quantitative estimate of drug-likeness (QED) is 0.275. The zero-order valence-corrected chi connectivity index (χ0v) is 21.9. The van der Waals surface area contributed by atoms with Gasteiger partial charge in [-0.15, -0.1) is 0 Å². The number of carbonyl (C=O) groups is 1. The predicted molar refractivity (Wildman–Crippen MR) is 144 cm³/mol. The molecular formula is C32H30F5NO2. The Morgan fingerprint density at radius 2 is 1.75 bits per heavy atom. The van der Waals surface area contributed by atoms with Crippen LogP contribution < -0.4 is 0 Å². The summed E-state index contributed by atoms with van der Waals surface area (Å²) in [5, 5.41) is 9.52. The van der Waals surface area contributed by atoms with Gasteiger partial charge in [0.1, 0.15) is 11.6 Å². The minimum Gasteiger partial charge on any atom is -0.478 e. The van der Waals surface area contributed by atoms with E-state index in [4.69, 9.17) is 0 Å². The largest absolute Gasteiger partial charge is 0.478 e. The number of carboxylic acids is 1. The Kier molecular flexibility index (Phi) is 8.35. The van der Waals surface area contributed by atoms with Crippen molar-refractivity contribution in [2.24, 2.45) is 5.92 Å². The fraction of sp³-hybridized carbons (Fsp3) is 0.344. The van der Waals surface area contributed by atoms with Gasteiger partial charge in [-0.1, -0.05) is 30.3 Å². The van der Waals surface area contributed by atoms with Crippen molar-refractivity contribution in [3.63, 3.8) is 0 Å². The van der Waals surface area contributed by atoms with Gasteiger partial charge in [-0.2, -0.15) is 0 Å². The zero-order valence-electron chi connectivity index (χ0n) is 21.9. The number of alkyl halides is 3. The zero-order chi connectivity index (χ0) is 28.4. The summed E-state index contributed by atoms with van der Waals surface area (Å²) in [5.41, 5.74) is 3.18. The van der Waals surface area contributed by atoms with Crippen LogP contribution in [0.5, 0.6) is 0 Å². The summed E-state index contributed by atoms with van der Waals surface area (Å²) in [6, 6.07) is 13.7. The predicted octanol–water partition coefficient (Wildman–Crippen LogP) is 7.73. The minimum absolute atomic E-state index is 0.110. The molecule has 1 saturated heterocycles. The van der Waals surface area contributed by atoms with E-state index in [1.165, 1.54) is 6.07 Å². The lowest BCUT2D eigenvalue weighted by Gasteiger charge is -2.39. The molecule has 3 nitrogen and oxygen atoms in total. The number of hydrogen-bond donors (Lipinski definition) is 1. The molecule has 2 aliphatic rings. The third kappa shape index (κ3) is 5.82. The molecule has 0 aromatic heterocycles. The first kappa shape index (κ1) is 28.0. The molecule has 5 rings (SSSR count). The van der Waals surface area contributed by atoms with Crippen LogP contribution >= 0.6 is 0 Å². The lowest BCUT2D eigenvalue weighted by molar-refractivity contribution is 0.0696. The molecule has 0 amide bonds. The molecule has 0 atom stereocenters. The number of rotatable bonds is 9. The highest BCUT2D eigenvalue weighted by atomic mass is 19.3. The van der Waals surface area contributed by atoms with Gasteiger partial charge < -0.3 is 10.0 Å². The van der Waals surface area contributed by atoms with Crippen molar-refractivity contribution in [3.05, 3.63) is 105 Å². The molecule has 0 radical (unpaired) electrons. The van der Waals surface area contributed by atoms with Crippen molar-refractivity contribution >= 4 is 17.1 Å². The van der Waals surface area contributed by atoms with Gasteiger partial charge in [0.15, 0.2) is 0 Å². The number of hydrogen-bond acceptors (Lipinski definition) is 2. The van der Waals surface area contributed by atoms with Crippen molar-refractivity contribution < 1.29 is 31.9 Å². The number of benzene rings is 3. The first-order chi connectivity index (χ1) is 19.2. The average molecular weight is 556 g/mol. The molecule has 1 aliphatic heterocycles. The monoisotopic (exact) mass is 555 g/mol. The summed E-state index contributed by atoms with van der Waals surface area (Å²) < 4.78 is 69.9. The molecule has 40 heavy (non-hydrogen) atoms. The smallest absolute Gasteiger partial charge is 0.335 e. The van der Waals surface area contributed by atoms with Crippen molar-refractivity contribution in [1.82, 2.24) is 4.90 Å². The second kappa shape index (κ2) is 11.9. The Hall–Kier alpha value is -3.52. The standard InChI is InChI=1S/C32H30F5NO2/c33-11-2-12-38-17-20(18-38)13-19-5-7-21(8-6-19)29-25-10-9-23(32(39)40)14-22(25)3-1-4-26(29)30-27(31(36)37)15-24(34)16-28(30)35/h5-10,14-16,20,31H,1-4,11-13,17-18H2,(H,39,40). The second-order valence-corrected chi connectivity index (χ2v) is 10.6. The van der Waals surface area contributed by atoms with Crippen LogP contribution in [0.3, 0.4) is 0 Å². The summed E-state index contributed by atoms with van der Waals surface area (Å²) in [5.74, 6) is -2.73. The van der Waals surface area contributed by atoms with E-state index in [2.05, 4.69) is 4.90 Å². The van der Waals surface area contributed by atoms with Gasteiger partial charge in [-0.3, -0.25) is 4.39 Å². The highest BCUT2D eigenvalue weighted by molar-refractivity contribution is 6.01. The van der Waals surface area contributed by atoms with Crippen LogP contribution in [0.4, 0.5) is 22.0 Å². The highest BCUT2D eigenvalue weighted by Crippen LogP contribution is 2.43. The highest BCUT2D eigenvalue weighted by Gasteiger charge is 2.29. The summed E-state index contributed by atoms with van der Waals surface area (Å²) >= 11 is 0. The van der Waals surface area contributed by atoms with Gasteiger partial charge in [0.25, 0.3) is 6.43 Å². The third-order valence-corrected chi connectivity index (χ3v) is 7.83. The van der Waals surface area contributed by atoms with Gasteiger partial charge in [0.2, 0.25) is 0 Å². The number of aryl methyl sites for hydroxylation is 1. The van der Waals surface area contributed by atoms with Gasteiger partial charge in [-0.25, -0.2) is 22.4 Å². The molecule has 3 aromatic carbocycles. The number of likely N-dealkylation sites (tertiary alicyclic amines) is 1. The van der Waals surface area contributed by atoms with Crippen LogP contribution in [0.25, 0.3) is 11.1 Å². The van der Waals surface area contributed by atoms with E-state index in [9.17, 15) is 27.5 Å². The molecule has 1 heterocycles. The number of carboxylic acid groups (broad SMARTS) is 1. The molecule has 210 valence electrons. The molecule has 1 N–H and O–H groups in total. The fourth-order valence-corrected chi connectivity index (χ4v) is 6.00. The summed E-state index contributed by atoms with van der Waals surface area (Å²) in [6.45, 7) is 2.27. The maximum Gasteiger partial charge on any atom is 0.335 e. The molecule has 3 aromatic rings. The van der Waals surface area contributed by atoms with E-state index in [1.807, 2.05) is 24.3 Å². The maximum atomic E-state index is 15.3. The number of nitrogens with zero attached hydrogens (tertiary/aromatic N) is 1. The van der Waals surface area contributed by atoms with Crippen LogP contribution in [-0.2, 0) is 12.8 Å². The molecule has 1 fully saturated rings. The molecule has 0 bridgehead atoms. The van der Waals surface area contributed by atoms with Crippen molar-refractivity contribution in [2.75, 3.05) is 26.3 Å². The topological polar surface area (TPSA) is 40.5 Å². The normalized spacial score (nSPS) is 16.1. The van der Waals surface area contributed by atoms with E-state index >= 15 is 4.39 Å². The number of fused-ring (bicyclic) bond motifs is 1. The summed E-state index contributed by atoms with van der Waals surface area (Å²) in [4.78, 5) is 13.9. The van der Waals surface area contributed by atoms with Crippen LogP contribution in [0.1, 0.15) is 69.4 Å². The fourth-order valence-electron chi connectivity index (χ4n) is 6.00. The van der Waals surface area contributed by atoms with Gasteiger partial charge in [0, 0.05) is 36.8 Å². The first-order valence-corrected chi connectivity index (χ1v) is 13.5. The van der Waals surface area contributed by atoms with Crippen LogP contribution in [-0.4, -0.2) is 42.3 Å². The van der Waals surface area contributed by atoms with Crippen LogP contribution in [0.15, 0.2) is 54.6 Å². The first-order valence-electron chi connectivity index (χ1n) is 13.5. The second-order valence-electron chi connectivity index (χ2n) is 10.6. The van der Waals surface area contributed by atoms with Gasteiger partial charge in [0.05, 0.1) is 12.2 Å². The van der Waals surface area contributed by atoms with E-state index in [1.54, 1.807) is 12.1 Å².